The molecule has 0 bridgehead atoms. The van der Waals surface area contributed by atoms with Crippen molar-refractivity contribution in [3.05, 3.63) is 17.0 Å². The molecule has 0 aliphatic heterocycles. The molecule has 0 radical (unpaired) electrons. The molecule has 19 heavy (non-hydrogen) atoms. The molecule has 2 rings (SSSR count). The lowest BCUT2D eigenvalue weighted by Gasteiger charge is -2.35. The first-order valence-corrected chi connectivity index (χ1v) is 9.04. The van der Waals surface area contributed by atoms with E-state index in [-0.39, 0.29) is 6.04 Å². The highest BCUT2D eigenvalue weighted by Gasteiger charge is 2.33. The number of hydrogen-bond acceptors (Lipinski definition) is 4. The summed E-state index contributed by atoms with van der Waals surface area (Å²) in [5.74, 6) is 0.433. The Morgan fingerprint density at radius 1 is 1.42 bits per heavy atom. The fourth-order valence-electron chi connectivity index (χ4n) is 2.75. The third-order valence-electron chi connectivity index (χ3n) is 4.03. The van der Waals surface area contributed by atoms with Crippen LogP contribution in [-0.2, 0) is 16.6 Å². The van der Waals surface area contributed by atoms with E-state index >= 15 is 0 Å². The summed E-state index contributed by atoms with van der Waals surface area (Å²) < 4.78 is 27.2. The number of rotatable bonds is 4. The number of nitrogens with zero attached hydrogens (tertiary/aromatic N) is 1. The summed E-state index contributed by atoms with van der Waals surface area (Å²) in [6, 6.07) is 1.83. The van der Waals surface area contributed by atoms with E-state index in [1.54, 1.807) is 17.4 Å². The molecule has 1 saturated carbocycles. The Labute approximate surface area is 119 Å². The third-order valence-corrected chi connectivity index (χ3v) is 7.38. The number of sulfonamides is 1. The van der Waals surface area contributed by atoms with Crippen LogP contribution in [0.2, 0.25) is 0 Å². The average molecular weight is 302 g/mol. The fourth-order valence-corrected chi connectivity index (χ4v) is 5.64. The molecule has 1 fully saturated rings. The van der Waals surface area contributed by atoms with Crippen molar-refractivity contribution in [1.29, 1.82) is 0 Å². The van der Waals surface area contributed by atoms with Gasteiger partial charge in [0.2, 0.25) is 0 Å². The Hall–Kier alpha value is -0.430. The maximum atomic E-state index is 12.6. The molecule has 0 spiro atoms. The lowest BCUT2D eigenvalue weighted by molar-refractivity contribution is 0.213. The first kappa shape index (κ1) is 15.0. The van der Waals surface area contributed by atoms with E-state index in [9.17, 15) is 8.42 Å². The van der Waals surface area contributed by atoms with Gasteiger partial charge in [-0.05, 0) is 35.8 Å². The van der Waals surface area contributed by atoms with Gasteiger partial charge in [0, 0.05) is 19.6 Å². The number of hydrogen-bond donors (Lipinski definition) is 1. The molecule has 1 aromatic heterocycles. The van der Waals surface area contributed by atoms with E-state index in [1.807, 2.05) is 5.38 Å². The van der Waals surface area contributed by atoms with Crippen LogP contribution >= 0.6 is 11.3 Å². The molecule has 6 heteroatoms. The topological polar surface area (TPSA) is 63.4 Å². The summed E-state index contributed by atoms with van der Waals surface area (Å²) in [6.45, 7) is 2.53. The van der Waals surface area contributed by atoms with Gasteiger partial charge in [-0.2, -0.15) is 4.31 Å². The monoisotopic (exact) mass is 302 g/mol. The predicted molar refractivity (Wildman–Crippen MR) is 78.6 cm³/mol. The van der Waals surface area contributed by atoms with Gasteiger partial charge in [-0.25, -0.2) is 8.42 Å². The molecule has 2 atom stereocenters. The van der Waals surface area contributed by atoms with Gasteiger partial charge in [-0.15, -0.1) is 11.3 Å². The molecule has 1 aromatic rings. The summed E-state index contributed by atoms with van der Waals surface area (Å²) in [5, 5.41) is 1.82. The summed E-state index contributed by atoms with van der Waals surface area (Å²) in [4.78, 5) is 0. The van der Waals surface area contributed by atoms with E-state index < -0.39 is 10.0 Å². The van der Waals surface area contributed by atoms with Crippen LogP contribution in [0.25, 0.3) is 0 Å². The van der Waals surface area contributed by atoms with Crippen molar-refractivity contribution in [1.82, 2.24) is 4.31 Å². The summed E-state index contributed by atoms with van der Waals surface area (Å²) in [7, 11) is -1.65. The lowest BCUT2D eigenvalue weighted by atomic mass is 9.86. The van der Waals surface area contributed by atoms with Crippen LogP contribution in [0, 0.1) is 5.92 Å². The Morgan fingerprint density at radius 3 is 2.68 bits per heavy atom. The van der Waals surface area contributed by atoms with Crippen molar-refractivity contribution in [2.75, 3.05) is 7.05 Å². The molecule has 0 aromatic carbocycles. The molecule has 1 heterocycles. The zero-order valence-corrected chi connectivity index (χ0v) is 13.1. The second kappa shape index (κ2) is 5.91. The second-order valence-corrected chi connectivity index (χ2v) is 8.46. The first-order valence-electron chi connectivity index (χ1n) is 6.72. The van der Waals surface area contributed by atoms with Crippen molar-refractivity contribution in [2.45, 2.75) is 49.4 Å². The minimum atomic E-state index is -3.36. The molecular weight excluding hydrogens is 280 g/mol. The van der Waals surface area contributed by atoms with Crippen LogP contribution in [0.5, 0.6) is 0 Å². The van der Waals surface area contributed by atoms with Crippen LogP contribution in [-0.4, -0.2) is 25.8 Å². The minimum Gasteiger partial charge on any atom is -0.326 e. The number of nitrogens with two attached hydrogens (primary N) is 1. The molecule has 4 nitrogen and oxygen atoms in total. The Balaban J connectivity index is 2.23. The quantitative estimate of drug-likeness (QED) is 0.929. The maximum absolute atomic E-state index is 12.6. The largest absolute Gasteiger partial charge is 0.326 e. The highest BCUT2D eigenvalue weighted by molar-refractivity contribution is 7.91. The predicted octanol–water partition coefficient (Wildman–Crippen LogP) is 2.41. The normalized spacial score (nSPS) is 24.8. The van der Waals surface area contributed by atoms with Crippen LogP contribution in [0.4, 0.5) is 0 Å². The lowest BCUT2D eigenvalue weighted by Crippen LogP contribution is -2.42. The zero-order chi connectivity index (χ0) is 14.0. The molecule has 0 saturated heterocycles. The third kappa shape index (κ3) is 3.02. The highest BCUT2D eigenvalue weighted by atomic mass is 32.2. The molecule has 108 valence electrons. The van der Waals surface area contributed by atoms with Crippen molar-refractivity contribution in [2.24, 2.45) is 11.7 Å². The Bertz CT molecular complexity index is 525. The summed E-state index contributed by atoms with van der Waals surface area (Å²) in [6.07, 6.45) is 4.41. The van der Waals surface area contributed by atoms with E-state index in [1.165, 1.54) is 17.8 Å². The van der Waals surface area contributed by atoms with E-state index in [0.717, 1.165) is 24.8 Å². The van der Waals surface area contributed by atoms with Crippen molar-refractivity contribution in [3.8, 4) is 0 Å². The molecule has 2 unspecified atom stereocenters. The van der Waals surface area contributed by atoms with Gasteiger partial charge in [0.1, 0.15) is 4.21 Å². The van der Waals surface area contributed by atoms with Crippen LogP contribution < -0.4 is 5.73 Å². The molecule has 0 amide bonds. The van der Waals surface area contributed by atoms with Gasteiger partial charge in [0.25, 0.3) is 10.0 Å². The second-order valence-electron chi connectivity index (χ2n) is 5.33. The minimum absolute atomic E-state index is 0.127. The van der Waals surface area contributed by atoms with Crippen molar-refractivity contribution in [3.63, 3.8) is 0 Å². The fraction of sp³-hybridized carbons (Fsp3) is 0.692. The van der Waals surface area contributed by atoms with Crippen LogP contribution in [0.3, 0.4) is 0 Å². The van der Waals surface area contributed by atoms with Crippen LogP contribution in [0.15, 0.2) is 15.7 Å². The maximum Gasteiger partial charge on any atom is 0.252 e. The van der Waals surface area contributed by atoms with E-state index in [0.29, 0.717) is 16.7 Å². The molecule has 1 aliphatic carbocycles. The Morgan fingerprint density at radius 2 is 2.11 bits per heavy atom. The Kier molecular flexibility index (Phi) is 4.66. The molecular formula is C13H22N2O2S2. The molecule has 2 N–H and O–H groups in total. The van der Waals surface area contributed by atoms with Crippen LogP contribution in [0.1, 0.15) is 38.2 Å². The SMILES string of the molecule is CC1CCCCC1N(C)S(=O)(=O)c1cc(CN)cs1. The zero-order valence-electron chi connectivity index (χ0n) is 11.5. The van der Waals surface area contributed by atoms with E-state index in [4.69, 9.17) is 5.73 Å². The smallest absolute Gasteiger partial charge is 0.252 e. The highest BCUT2D eigenvalue weighted by Crippen LogP contribution is 2.32. The van der Waals surface area contributed by atoms with Crippen molar-refractivity contribution < 1.29 is 8.42 Å². The number of thiophene rings is 1. The van der Waals surface area contributed by atoms with E-state index in [2.05, 4.69) is 6.92 Å². The first-order chi connectivity index (χ1) is 8.96. The van der Waals surface area contributed by atoms with Gasteiger partial charge in [-0.1, -0.05) is 19.8 Å². The van der Waals surface area contributed by atoms with Gasteiger partial charge in [0.05, 0.1) is 0 Å². The van der Waals surface area contributed by atoms with Gasteiger partial charge in [-0.3, -0.25) is 0 Å². The van der Waals surface area contributed by atoms with Gasteiger partial charge < -0.3 is 5.73 Å². The summed E-state index contributed by atoms with van der Waals surface area (Å²) >= 11 is 1.26. The summed E-state index contributed by atoms with van der Waals surface area (Å²) in [5.41, 5.74) is 6.43. The van der Waals surface area contributed by atoms with Crippen molar-refractivity contribution >= 4 is 21.4 Å². The molecule has 1 aliphatic rings. The van der Waals surface area contributed by atoms with Gasteiger partial charge >= 0.3 is 0 Å². The standard InChI is InChI=1S/C13H22N2O2S2/c1-10-5-3-4-6-12(10)15(2)19(16,17)13-7-11(8-14)9-18-13/h7,9-10,12H,3-6,8,14H2,1-2H3. The average Bonchev–Trinajstić information content (AvgIpc) is 2.88. The van der Waals surface area contributed by atoms with Gasteiger partial charge in [0.15, 0.2) is 0 Å².